The number of halogens is 2. The van der Waals surface area contributed by atoms with Crippen LogP contribution in [0.15, 0.2) is 11.1 Å². The maximum absolute atomic E-state index is 9.71. The normalized spacial score (nSPS) is 33.7. The maximum Gasteiger partial charge on any atom is 0.0770 e. The summed E-state index contributed by atoms with van der Waals surface area (Å²) in [5.41, 5.74) is 0. The molecule has 15 heavy (non-hydrogen) atoms. The Bertz CT molecular complexity index is 236. The topological polar surface area (TPSA) is 20.2 Å². The van der Waals surface area contributed by atoms with Crippen LogP contribution in [0.5, 0.6) is 0 Å². The van der Waals surface area contributed by atoms with Crippen molar-refractivity contribution in [2.45, 2.75) is 56.9 Å². The lowest BCUT2D eigenvalue weighted by atomic mass is 9.85. The Hall–Kier alpha value is 0.280. The second-order valence-corrected chi connectivity index (χ2v) is 5.93. The molecule has 0 spiro atoms. The summed E-state index contributed by atoms with van der Waals surface area (Å²) in [5.74, 6) is 0.394. The third-order valence-corrected chi connectivity index (χ3v) is 4.09. The van der Waals surface area contributed by atoms with Crippen LogP contribution < -0.4 is 0 Å². The quantitative estimate of drug-likeness (QED) is 0.747. The van der Waals surface area contributed by atoms with E-state index in [1.54, 1.807) is 0 Å². The van der Waals surface area contributed by atoms with Gasteiger partial charge in [-0.2, -0.15) is 0 Å². The van der Waals surface area contributed by atoms with E-state index in [-0.39, 0.29) is 11.0 Å². The predicted octanol–water partition coefficient (Wildman–Crippen LogP) is 4.07. The van der Waals surface area contributed by atoms with E-state index < -0.39 is 0 Å². The standard InChI is InChI=1S/C12H20Cl2O/c1-3-4-10(15)7-9-5-6-12(2,14)11(13)8-9/h8-10,15H,3-7H2,1-2H3/t9?,10?,12-/m0/s1. The molecular weight excluding hydrogens is 231 g/mol. The van der Waals surface area contributed by atoms with Crippen molar-refractivity contribution in [3.63, 3.8) is 0 Å². The third kappa shape index (κ3) is 3.97. The van der Waals surface area contributed by atoms with E-state index in [0.29, 0.717) is 5.92 Å². The zero-order valence-electron chi connectivity index (χ0n) is 9.47. The fraction of sp³-hybridized carbons (Fsp3) is 0.833. The van der Waals surface area contributed by atoms with Crippen LogP contribution in [-0.4, -0.2) is 16.1 Å². The lowest BCUT2D eigenvalue weighted by Gasteiger charge is -2.30. The van der Waals surface area contributed by atoms with Crippen LogP contribution in [0, 0.1) is 5.92 Å². The Labute approximate surface area is 102 Å². The first kappa shape index (κ1) is 13.3. The number of aliphatic hydroxyl groups is 1. The van der Waals surface area contributed by atoms with E-state index in [1.165, 1.54) is 0 Å². The van der Waals surface area contributed by atoms with Crippen molar-refractivity contribution in [2.24, 2.45) is 5.92 Å². The summed E-state index contributed by atoms with van der Waals surface area (Å²) in [6.07, 6.45) is 6.47. The molecule has 0 bridgehead atoms. The number of aliphatic hydroxyl groups excluding tert-OH is 1. The van der Waals surface area contributed by atoms with Crippen molar-refractivity contribution in [3.05, 3.63) is 11.1 Å². The Morgan fingerprint density at radius 1 is 1.67 bits per heavy atom. The molecule has 0 radical (unpaired) electrons. The maximum atomic E-state index is 9.71. The van der Waals surface area contributed by atoms with Crippen molar-refractivity contribution in [1.82, 2.24) is 0 Å². The number of hydrogen-bond acceptors (Lipinski definition) is 1. The van der Waals surface area contributed by atoms with Crippen LogP contribution in [0.4, 0.5) is 0 Å². The fourth-order valence-corrected chi connectivity index (χ4v) is 2.47. The van der Waals surface area contributed by atoms with Gasteiger partial charge in [0.05, 0.1) is 11.0 Å². The molecule has 0 fully saturated rings. The number of allylic oxidation sites excluding steroid dienone is 2. The van der Waals surface area contributed by atoms with Crippen LogP contribution in [0.2, 0.25) is 0 Å². The van der Waals surface area contributed by atoms with Crippen LogP contribution >= 0.6 is 23.2 Å². The molecule has 1 aliphatic carbocycles. The van der Waals surface area contributed by atoms with Gasteiger partial charge in [-0.1, -0.05) is 31.0 Å². The van der Waals surface area contributed by atoms with Gasteiger partial charge in [0.15, 0.2) is 0 Å². The number of hydrogen-bond donors (Lipinski definition) is 1. The first-order chi connectivity index (χ1) is 6.95. The SMILES string of the molecule is CCCC(O)CC1C=C(Cl)[C@@](C)(Cl)CC1. The summed E-state index contributed by atoms with van der Waals surface area (Å²) in [7, 11) is 0. The van der Waals surface area contributed by atoms with Crippen LogP contribution in [0.1, 0.15) is 46.0 Å². The smallest absolute Gasteiger partial charge is 0.0770 e. The molecule has 0 heterocycles. The summed E-state index contributed by atoms with van der Waals surface area (Å²) >= 11 is 12.3. The molecule has 0 saturated heterocycles. The number of rotatable bonds is 4. The molecule has 0 amide bonds. The summed E-state index contributed by atoms with van der Waals surface area (Å²) in [5, 5.41) is 10.5. The van der Waals surface area contributed by atoms with E-state index in [1.807, 2.05) is 13.0 Å². The monoisotopic (exact) mass is 250 g/mol. The Balaban J connectivity index is 2.50. The first-order valence-electron chi connectivity index (χ1n) is 5.70. The molecule has 88 valence electrons. The van der Waals surface area contributed by atoms with E-state index >= 15 is 0 Å². The Kier molecular flexibility index (Phi) is 4.95. The molecule has 3 atom stereocenters. The van der Waals surface area contributed by atoms with E-state index in [4.69, 9.17) is 23.2 Å². The summed E-state index contributed by atoms with van der Waals surface area (Å²) in [4.78, 5) is -0.381. The molecule has 0 aliphatic heterocycles. The molecule has 2 unspecified atom stereocenters. The summed E-state index contributed by atoms with van der Waals surface area (Å²) in [6, 6.07) is 0. The highest BCUT2D eigenvalue weighted by molar-refractivity contribution is 6.39. The average Bonchev–Trinajstić information content (AvgIpc) is 2.12. The zero-order valence-corrected chi connectivity index (χ0v) is 11.0. The van der Waals surface area contributed by atoms with Gasteiger partial charge in [0.25, 0.3) is 0 Å². The molecule has 1 aliphatic rings. The van der Waals surface area contributed by atoms with E-state index in [9.17, 15) is 5.11 Å². The molecule has 0 aromatic heterocycles. The molecular formula is C12H20Cl2O. The van der Waals surface area contributed by atoms with Crippen molar-refractivity contribution in [2.75, 3.05) is 0 Å². The minimum absolute atomic E-state index is 0.194. The van der Waals surface area contributed by atoms with Gasteiger partial charge in [0.2, 0.25) is 0 Å². The van der Waals surface area contributed by atoms with Crippen LogP contribution in [-0.2, 0) is 0 Å². The predicted molar refractivity (Wildman–Crippen MR) is 66.4 cm³/mol. The van der Waals surface area contributed by atoms with Gasteiger partial charge in [-0.3, -0.25) is 0 Å². The van der Waals surface area contributed by atoms with Crippen molar-refractivity contribution in [1.29, 1.82) is 0 Å². The molecule has 1 nitrogen and oxygen atoms in total. The lowest BCUT2D eigenvalue weighted by Crippen LogP contribution is -2.25. The molecule has 0 aromatic carbocycles. The van der Waals surface area contributed by atoms with Gasteiger partial charge < -0.3 is 5.11 Å². The Morgan fingerprint density at radius 3 is 2.87 bits per heavy atom. The van der Waals surface area contributed by atoms with Gasteiger partial charge in [-0.15, -0.1) is 11.6 Å². The van der Waals surface area contributed by atoms with Crippen LogP contribution in [0.3, 0.4) is 0 Å². The Morgan fingerprint density at radius 2 is 2.33 bits per heavy atom. The fourth-order valence-electron chi connectivity index (χ4n) is 2.03. The second-order valence-electron chi connectivity index (χ2n) is 4.69. The molecule has 3 heteroatoms. The lowest BCUT2D eigenvalue weighted by molar-refractivity contribution is 0.136. The molecule has 1 rings (SSSR count). The summed E-state index contributed by atoms with van der Waals surface area (Å²) in [6.45, 7) is 4.04. The highest BCUT2D eigenvalue weighted by Gasteiger charge is 2.31. The van der Waals surface area contributed by atoms with E-state index in [2.05, 4.69) is 6.92 Å². The number of alkyl halides is 1. The largest absolute Gasteiger partial charge is 0.393 e. The van der Waals surface area contributed by atoms with Crippen molar-refractivity contribution < 1.29 is 5.11 Å². The highest BCUT2D eigenvalue weighted by Crippen LogP contribution is 2.40. The zero-order chi connectivity index (χ0) is 11.5. The minimum Gasteiger partial charge on any atom is -0.393 e. The van der Waals surface area contributed by atoms with Gasteiger partial charge in [0, 0.05) is 5.03 Å². The second kappa shape index (κ2) is 5.56. The van der Waals surface area contributed by atoms with Crippen LogP contribution in [0.25, 0.3) is 0 Å². The summed E-state index contributed by atoms with van der Waals surface area (Å²) < 4.78 is 0. The van der Waals surface area contributed by atoms with Gasteiger partial charge >= 0.3 is 0 Å². The molecule has 0 saturated carbocycles. The molecule has 0 aromatic rings. The van der Waals surface area contributed by atoms with Gasteiger partial charge in [0.1, 0.15) is 0 Å². The van der Waals surface area contributed by atoms with E-state index in [0.717, 1.165) is 37.1 Å². The van der Waals surface area contributed by atoms with Crippen molar-refractivity contribution in [3.8, 4) is 0 Å². The first-order valence-corrected chi connectivity index (χ1v) is 6.46. The average molecular weight is 251 g/mol. The molecule has 1 N–H and O–H groups in total. The minimum atomic E-state index is -0.381. The van der Waals surface area contributed by atoms with Crippen molar-refractivity contribution >= 4 is 23.2 Å². The highest BCUT2D eigenvalue weighted by atomic mass is 35.5. The third-order valence-electron chi connectivity index (χ3n) is 3.06. The van der Waals surface area contributed by atoms with Gasteiger partial charge in [-0.25, -0.2) is 0 Å². The van der Waals surface area contributed by atoms with Gasteiger partial charge in [-0.05, 0) is 38.5 Å².